The number of aryl methyl sites for hydroxylation is 2. The van der Waals surface area contributed by atoms with Crippen LogP contribution in [-0.2, 0) is 32.0 Å². The first kappa shape index (κ1) is 19.9. The summed E-state index contributed by atoms with van der Waals surface area (Å²) in [7, 11) is 0. The van der Waals surface area contributed by atoms with Crippen molar-refractivity contribution in [3.8, 4) is 0 Å². The lowest BCUT2D eigenvalue weighted by molar-refractivity contribution is -0.149. The molecule has 4 rings (SSSR count). The van der Waals surface area contributed by atoms with Gasteiger partial charge in [0.1, 0.15) is 0 Å². The van der Waals surface area contributed by atoms with Crippen LogP contribution in [-0.4, -0.2) is 29.3 Å². The van der Waals surface area contributed by atoms with Gasteiger partial charge in [0.15, 0.2) is 6.61 Å². The molecule has 0 unspecified atom stereocenters. The molecule has 1 aliphatic carbocycles. The Morgan fingerprint density at radius 1 is 1.10 bits per heavy atom. The van der Waals surface area contributed by atoms with Crippen molar-refractivity contribution in [1.29, 1.82) is 0 Å². The Bertz CT molecular complexity index is 1030. The summed E-state index contributed by atoms with van der Waals surface area (Å²) in [6.07, 6.45) is 6.76. The number of nitrogens with one attached hydrogen (secondary N) is 1. The summed E-state index contributed by atoms with van der Waals surface area (Å²) >= 11 is 0. The lowest BCUT2D eigenvalue weighted by Gasteiger charge is -2.32. The van der Waals surface area contributed by atoms with Gasteiger partial charge >= 0.3 is 5.97 Å². The van der Waals surface area contributed by atoms with E-state index < -0.39 is 12.0 Å². The van der Waals surface area contributed by atoms with Gasteiger partial charge in [0, 0.05) is 18.8 Å². The molecule has 1 aliphatic heterocycles. The summed E-state index contributed by atoms with van der Waals surface area (Å²) in [4.78, 5) is 38.2. The van der Waals surface area contributed by atoms with Gasteiger partial charge in [0.2, 0.25) is 5.91 Å². The third-order valence-corrected chi connectivity index (χ3v) is 5.58. The zero-order chi connectivity index (χ0) is 21.1. The van der Waals surface area contributed by atoms with Crippen LogP contribution in [0.2, 0.25) is 0 Å². The van der Waals surface area contributed by atoms with E-state index in [4.69, 9.17) is 4.74 Å². The normalized spacial score (nSPS) is 16.6. The van der Waals surface area contributed by atoms with E-state index in [0.29, 0.717) is 5.69 Å². The number of rotatable bonds is 5. The topological polar surface area (TPSA) is 75.7 Å². The molecule has 30 heavy (non-hydrogen) atoms. The van der Waals surface area contributed by atoms with Gasteiger partial charge in [0.05, 0.1) is 12.5 Å². The molecule has 0 saturated heterocycles. The number of anilines is 1. The Morgan fingerprint density at radius 2 is 1.90 bits per heavy atom. The van der Waals surface area contributed by atoms with Gasteiger partial charge in [0.25, 0.3) is 5.91 Å². The van der Waals surface area contributed by atoms with E-state index in [1.54, 1.807) is 6.20 Å². The summed E-state index contributed by atoms with van der Waals surface area (Å²) in [6, 6.07) is 13.1. The minimum absolute atomic E-state index is 0.0208. The van der Waals surface area contributed by atoms with Crippen LogP contribution >= 0.6 is 0 Å². The van der Waals surface area contributed by atoms with Gasteiger partial charge < -0.3 is 15.0 Å². The number of esters is 1. The molecule has 6 nitrogen and oxygen atoms in total. The zero-order valence-corrected chi connectivity index (χ0v) is 16.9. The number of benzene rings is 2. The molecular formula is C24H24N2O4. The third kappa shape index (κ3) is 4.27. The molecule has 0 fully saturated rings. The monoisotopic (exact) mass is 404 g/mol. The minimum atomic E-state index is -0.527. The number of ether oxygens (including phenoxy) is 1. The maximum absolute atomic E-state index is 12.4. The number of carbonyl (C=O) groups is 3. The number of fused-ring (bicyclic) bond motifs is 2. The molecule has 0 saturated carbocycles. The second-order valence-electron chi connectivity index (χ2n) is 7.64. The van der Waals surface area contributed by atoms with Crippen molar-refractivity contribution in [2.45, 2.75) is 38.6 Å². The zero-order valence-electron chi connectivity index (χ0n) is 16.9. The van der Waals surface area contributed by atoms with Crippen LogP contribution in [0.1, 0.15) is 48.1 Å². The van der Waals surface area contributed by atoms with Crippen LogP contribution in [0.15, 0.2) is 48.7 Å². The van der Waals surface area contributed by atoms with Crippen LogP contribution in [0.4, 0.5) is 5.69 Å². The quantitative estimate of drug-likeness (QED) is 0.773. The second kappa shape index (κ2) is 8.53. The van der Waals surface area contributed by atoms with Crippen LogP contribution in [0.25, 0.3) is 6.08 Å². The first-order chi connectivity index (χ1) is 14.5. The van der Waals surface area contributed by atoms with E-state index >= 15 is 0 Å². The van der Waals surface area contributed by atoms with E-state index in [-0.39, 0.29) is 24.8 Å². The summed E-state index contributed by atoms with van der Waals surface area (Å²) < 4.78 is 5.20. The van der Waals surface area contributed by atoms with E-state index in [1.165, 1.54) is 23.0 Å². The smallest absolute Gasteiger partial charge is 0.308 e. The Labute approximate surface area is 175 Å². The Morgan fingerprint density at radius 3 is 2.73 bits per heavy atom. The van der Waals surface area contributed by atoms with Gasteiger partial charge in [-0.2, -0.15) is 0 Å². The fourth-order valence-corrected chi connectivity index (χ4v) is 4.12. The fourth-order valence-electron chi connectivity index (χ4n) is 4.12. The molecule has 1 N–H and O–H groups in total. The summed E-state index contributed by atoms with van der Waals surface area (Å²) in [6.45, 7) is 1.10. The lowest BCUT2D eigenvalue weighted by atomic mass is 9.94. The SMILES string of the molecule is CC(=O)N1C=Cc2ccccc2[C@@H]1CC(=O)OCC(=O)Nc1ccc2c(c1)CCC2. The van der Waals surface area contributed by atoms with Gasteiger partial charge in [-0.3, -0.25) is 14.4 Å². The predicted octanol–water partition coefficient (Wildman–Crippen LogP) is 3.62. The molecule has 2 aromatic carbocycles. The number of hydrogen-bond acceptors (Lipinski definition) is 4. The van der Waals surface area contributed by atoms with Crippen molar-refractivity contribution >= 4 is 29.5 Å². The number of hydrogen-bond donors (Lipinski definition) is 1. The maximum Gasteiger partial charge on any atom is 0.308 e. The van der Waals surface area contributed by atoms with Crippen LogP contribution in [0.3, 0.4) is 0 Å². The summed E-state index contributed by atoms with van der Waals surface area (Å²) in [5.41, 5.74) is 5.15. The van der Waals surface area contributed by atoms with E-state index in [2.05, 4.69) is 5.32 Å². The van der Waals surface area contributed by atoms with Gasteiger partial charge in [-0.05, 0) is 59.7 Å². The summed E-state index contributed by atoms with van der Waals surface area (Å²) in [5, 5.41) is 2.78. The third-order valence-electron chi connectivity index (χ3n) is 5.58. The highest BCUT2D eigenvalue weighted by atomic mass is 16.5. The van der Waals surface area contributed by atoms with Crippen molar-refractivity contribution in [3.63, 3.8) is 0 Å². The lowest BCUT2D eigenvalue weighted by Crippen LogP contribution is -2.33. The largest absolute Gasteiger partial charge is 0.455 e. The Hall–Kier alpha value is -3.41. The van der Waals surface area contributed by atoms with Crippen LogP contribution in [0.5, 0.6) is 0 Å². The number of amides is 2. The minimum Gasteiger partial charge on any atom is -0.455 e. The molecule has 0 bridgehead atoms. The van der Waals surface area contributed by atoms with Gasteiger partial charge in [-0.15, -0.1) is 0 Å². The molecule has 1 heterocycles. The molecule has 0 spiro atoms. The molecule has 0 aromatic heterocycles. The van der Waals surface area contributed by atoms with E-state index in [1.807, 2.05) is 48.5 Å². The van der Waals surface area contributed by atoms with Crippen LogP contribution < -0.4 is 5.32 Å². The first-order valence-corrected chi connectivity index (χ1v) is 10.1. The van der Waals surface area contributed by atoms with Crippen molar-refractivity contribution in [2.75, 3.05) is 11.9 Å². The average Bonchev–Trinajstić information content (AvgIpc) is 3.20. The van der Waals surface area contributed by atoms with E-state index in [9.17, 15) is 14.4 Å². The van der Waals surface area contributed by atoms with E-state index in [0.717, 1.165) is 30.4 Å². The molecule has 154 valence electrons. The molecule has 1 atom stereocenters. The van der Waals surface area contributed by atoms with Crippen LogP contribution in [0, 0.1) is 0 Å². The van der Waals surface area contributed by atoms with Gasteiger partial charge in [-0.1, -0.05) is 30.3 Å². The molecular weight excluding hydrogens is 380 g/mol. The maximum atomic E-state index is 12.4. The van der Waals surface area contributed by atoms with Gasteiger partial charge in [-0.25, -0.2) is 0 Å². The highest BCUT2D eigenvalue weighted by molar-refractivity contribution is 5.93. The highest BCUT2D eigenvalue weighted by Crippen LogP contribution is 2.33. The highest BCUT2D eigenvalue weighted by Gasteiger charge is 2.29. The number of carbonyl (C=O) groups excluding carboxylic acids is 3. The molecule has 2 aliphatic rings. The average molecular weight is 404 g/mol. The Balaban J connectivity index is 1.35. The molecule has 6 heteroatoms. The summed E-state index contributed by atoms with van der Waals surface area (Å²) in [5.74, 6) is -1.07. The van der Waals surface area contributed by atoms with Crippen molar-refractivity contribution in [3.05, 3.63) is 70.9 Å². The molecule has 0 radical (unpaired) electrons. The number of nitrogens with zero attached hydrogens (tertiary/aromatic N) is 1. The predicted molar refractivity (Wildman–Crippen MR) is 113 cm³/mol. The first-order valence-electron chi connectivity index (χ1n) is 10.1. The second-order valence-corrected chi connectivity index (χ2v) is 7.64. The standard InChI is InChI=1S/C24H24N2O4/c1-16(27)26-12-11-18-5-2-3-8-21(18)22(26)14-24(29)30-15-23(28)25-20-10-9-17-6-4-7-19(17)13-20/h2-3,5,8-13,22H,4,6-7,14-15H2,1H3,(H,25,28)/t22-/m0/s1. The Kier molecular flexibility index (Phi) is 5.65. The van der Waals surface area contributed by atoms with Crippen molar-refractivity contribution in [1.82, 2.24) is 4.90 Å². The van der Waals surface area contributed by atoms with Crippen molar-refractivity contribution in [2.24, 2.45) is 0 Å². The molecule has 2 aromatic rings. The fraction of sp³-hybridized carbons (Fsp3) is 0.292. The van der Waals surface area contributed by atoms with Crippen molar-refractivity contribution < 1.29 is 19.1 Å². The molecule has 2 amide bonds.